The molecule has 0 fully saturated rings. The third kappa shape index (κ3) is 4.52. The van der Waals surface area contributed by atoms with Gasteiger partial charge in [0.15, 0.2) is 0 Å². The number of anilines is 1. The summed E-state index contributed by atoms with van der Waals surface area (Å²) in [6.45, 7) is 4.43. The zero-order valence-electron chi connectivity index (χ0n) is 15.9. The first-order valence-electron chi connectivity index (χ1n) is 9.03. The SMILES string of the molecule is CC1(C)Cc2c(sc(NC(=O)N(CCO)Cc3ccccc3)c2C(=O)O)CO1. The van der Waals surface area contributed by atoms with Gasteiger partial charge in [0, 0.05) is 24.4 Å². The fourth-order valence-corrected chi connectivity index (χ4v) is 4.33. The number of rotatable bonds is 6. The number of aliphatic hydroxyl groups excluding tert-OH is 1. The van der Waals surface area contributed by atoms with Gasteiger partial charge in [-0.05, 0) is 25.0 Å². The molecular formula is C20H24N2O5S. The van der Waals surface area contributed by atoms with Crippen LogP contribution in [0, 0.1) is 0 Å². The number of hydrogen-bond donors (Lipinski definition) is 3. The van der Waals surface area contributed by atoms with Gasteiger partial charge < -0.3 is 19.8 Å². The third-order valence-electron chi connectivity index (χ3n) is 4.59. The molecule has 0 spiro atoms. The highest BCUT2D eigenvalue weighted by Gasteiger charge is 2.34. The van der Waals surface area contributed by atoms with Gasteiger partial charge in [0.05, 0.1) is 24.4 Å². The van der Waals surface area contributed by atoms with Crippen LogP contribution in [0.3, 0.4) is 0 Å². The number of fused-ring (bicyclic) bond motifs is 1. The van der Waals surface area contributed by atoms with Crippen molar-refractivity contribution < 1.29 is 24.5 Å². The lowest BCUT2D eigenvalue weighted by Gasteiger charge is -2.30. The Morgan fingerprint density at radius 2 is 2.00 bits per heavy atom. The van der Waals surface area contributed by atoms with Gasteiger partial charge in [-0.3, -0.25) is 5.32 Å². The van der Waals surface area contributed by atoms with Gasteiger partial charge in [-0.25, -0.2) is 9.59 Å². The number of ether oxygens (including phenoxy) is 1. The quantitative estimate of drug-likeness (QED) is 0.686. The number of urea groups is 1. The standard InChI is InChI=1S/C20H24N2O5S/c1-20(2)10-14-15(12-27-20)28-17(16(14)18(24)25)21-19(26)22(8-9-23)11-13-6-4-3-5-7-13/h3-7,23H,8-12H2,1-2H3,(H,21,26)(H,24,25). The van der Waals surface area contributed by atoms with Crippen molar-refractivity contribution in [2.75, 3.05) is 18.5 Å². The van der Waals surface area contributed by atoms with Gasteiger partial charge in [0.25, 0.3) is 0 Å². The summed E-state index contributed by atoms with van der Waals surface area (Å²) in [5, 5.41) is 22.1. The van der Waals surface area contributed by atoms with E-state index in [1.807, 2.05) is 44.2 Å². The minimum absolute atomic E-state index is 0.133. The van der Waals surface area contributed by atoms with Crippen molar-refractivity contribution in [2.45, 2.75) is 39.0 Å². The summed E-state index contributed by atoms with van der Waals surface area (Å²) in [6, 6.07) is 8.98. The number of thiophene rings is 1. The Hall–Kier alpha value is -2.42. The molecule has 0 aliphatic carbocycles. The summed E-state index contributed by atoms with van der Waals surface area (Å²) in [6.07, 6.45) is 0.473. The zero-order chi connectivity index (χ0) is 20.3. The molecule has 2 heterocycles. The predicted molar refractivity (Wildman–Crippen MR) is 107 cm³/mol. The van der Waals surface area contributed by atoms with Crippen LogP contribution in [0.1, 0.15) is 40.2 Å². The van der Waals surface area contributed by atoms with Crippen molar-refractivity contribution in [3.05, 3.63) is 51.9 Å². The molecule has 1 aromatic heterocycles. The number of amides is 2. The summed E-state index contributed by atoms with van der Waals surface area (Å²) in [5.74, 6) is -1.07. The van der Waals surface area contributed by atoms with E-state index in [1.54, 1.807) is 0 Å². The Balaban J connectivity index is 1.84. The maximum Gasteiger partial charge on any atom is 0.339 e. The Morgan fingerprint density at radius 3 is 2.64 bits per heavy atom. The number of hydrogen-bond acceptors (Lipinski definition) is 5. The van der Waals surface area contributed by atoms with E-state index in [1.165, 1.54) is 16.2 Å². The Kier molecular flexibility index (Phi) is 6.02. The summed E-state index contributed by atoms with van der Waals surface area (Å²) in [7, 11) is 0. The average molecular weight is 404 g/mol. The van der Waals surface area contributed by atoms with E-state index in [0.29, 0.717) is 24.6 Å². The predicted octanol–water partition coefficient (Wildman–Crippen LogP) is 3.32. The lowest BCUT2D eigenvalue weighted by molar-refractivity contribution is -0.0384. The molecule has 7 nitrogen and oxygen atoms in total. The highest BCUT2D eigenvalue weighted by molar-refractivity contribution is 7.17. The molecule has 1 aliphatic heterocycles. The number of aliphatic hydroxyl groups is 1. The second-order valence-electron chi connectivity index (χ2n) is 7.30. The molecule has 0 unspecified atom stereocenters. The molecule has 1 aromatic carbocycles. The van der Waals surface area contributed by atoms with Gasteiger partial charge in [-0.15, -0.1) is 11.3 Å². The first kappa shape index (κ1) is 20.3. The van der Waals surface area contributed by atoms with Crippen LogP contribution >= 0.6 is 11.3 Å². The van der Waals surface area contributed by atoms with Gasteiger partial charge in [0.2, 0.25) is 0 Å². The number of carbonyl (C=O) groups excluding carboxylic acids is 1. The molecule has 0 atom stereocenters. The van der Waals surface area contributed by atoms with Crippen LogP contribution in [0.5, 0.6) is 0 Å². The molecule has 28 heavy (non-hydrogen) atoms. The molecule has 3 N–H and O–H groups in total. The van der Waals surface area contributed by atoms with Crippen LogP contribution in [0.25, 0.3) is 0 Å². The largest absolute Gasteiger partial charge is 0.478 e. The number of nitrogens with one attached hydrogen (secondary N) is 1. The molecule has 0 radical (unpaired) electrons. The van der Waals surface area contributed by atoms with Crippen LogP contribution in [0.15, 0.2) is 30.3 Å². The van der Waals surface area contributed by atoms with Crippen molar-refractivity contribution in [3.63, 3.8) is 0 Å². The smallest absolute Gasteiger partial charge is 0.339 e. The first-order valence-corrected chi connectivity index (χ1v) is 9.85. The van der Waals surface area contributed by atoms with Gasteiger partial charge >= 0.3 is 12.0 Å². The van der Waals surface area contributed by atoms with Gasteiger partial charge in [-0.1, -0.05) is 30.3 Å². The topological polar surface area (TPSA) is 99.1 Å². The summed E-state index contributed by atoms with van der Waals surface area (Å²) >= 11 is 1.23. The first-order chi connectivity index (χ1) is 13.3. The number of nitrogens with zero attached hydrogens (tertiary/aromatic N) is 1. The fourth-order valence-electron chi connectivity index (χ4n) is 3.22. The van der Waals surface area contributed by atoms with Gasteiger partial charge in [0.1, 0.15) is 5.00 Å². The van der Waals surface area contributed by atoms with E-state index >= 15 is 0 Å². The molecule has 0 saturated carbocycles. The fraction of sp³-hybridized carbons (Fsp3) is 0.400. The minimum atomic E-state index is -1.07. The number of carbonyl (C=O) groups is 2. The third-order valence-corrected chi connectivity index (χ3v) is 5.72. The van der Waals surface area contributed by atoms with E-state index in [2.05, 4.69) is 5.32 Å². The monoisotopic (exact) mass is 404 g/mol. The molecule has 2 amide bonds. The Labute approximate surface area is 167 Å². The van der Waals surface area contributed by atoms with E-state index in [4.69, 9.17) is 4.74 Å². The van der Waals surface area contributed by atoms with Crippen LogP contribution < -0.4 is 5.32 Å². The van der Waals surface area contributed by atoms with Gasteiger partial charge in [-0.2, -0.15) is 0 Å². The highest BCUT2D eigenvalue weighted by atomic mass is 32.1. The molecule has 1 aliphatic rings. The van der Waals surface area contributed by atoms with Crippen molar-refractivity contribution in [3.8, 4) is 0 Å². The van der Waals surface area contributed by atoms with Crippen molar-refractivity contribution >= 4 is 28.3 Å². The number of carboxylic acid groups (broad SMARTS) is 1. The molecule has 150 valence electrons. The normalized spacial score (nSPS) is 15.0. The number of benzene rings is 1. The van der Waals surface area contributed by atoms with Crippen LogP contribution in [-0.2, 0) is 24.3 Å². The van der Waals surface area contributed by atoms with Crippen LogP contribution in [0.4, 0.5) is 9.80 Å². The van der Waals surface area contributed by atoms with E-state index in [0.717, 1.165) is 16.0 Å². The minimum Gasteiger partial charge on any atom is -0.478 e. The number of aromatic carboxylic acids is 1. The second kappa shape index (κ2) is 8.30. The summed E-state index contributed by atoms with van der Waals surface area (Å²) in [4.78, 5) is 27.0. The van der Waals surface area contributed by atoms with E-state index in [-0.39, 0.29) is 18.7 Å². The average Bonchev–Trinajstić information content (AvgIpc) is 2.98. The van der Waals surface area contributed by atoms with E-state index in [9.17, 15) is 19.8 Å². The maximum atomic E-state index is 12.8. The van der Waals surface area contributed by atoms with Crippen molar-refractivity contribution in [1.82, 2.24) is 4.90 Å². The molecule has 3 rings (SSSR count). The Bertz CT molecular complexity index is 863. The summed E-state index contributed by atoms with van der Waals surface area (Å²) < 4.78 is 5.77. The maximum absolute atomic E-state index is 12.8. The molecule has 8 heteroatoms. The molecule has 2 aromatic rings. The molecule has 0 bridgehead atoms. The molecule has 0 saturated heterocycles. The molecular weight excluding hydrogens is 380 g/mol. The number of carboxylic acids is 1. The zero-order valence-corrected chi connectivity index (χ0v) is 16.7. The lowest BCUT2D eigenvalue weighted by atomic mass is 9.93. The van der Waals surface area contributed by atoms with E-state index < -0.39 is 17.6 Å². The van der Waals surface area contributed by atoms with Crippen LogP contribution in [-0.4, -0.2) is 45.9 Å². The summed E-state index contributed by atoms with van der Waals surface area (Å²) in [5.41, 5.74) is 1.33. The van der Waals surface area contributed by atoms with Crippen molar-refractivity contribution in [2.24, 2.45) is 0 Å². The second-order valence-corrected chi connectivity index (χ2v) is 8.40. The Morgan fingerprint density at radius 1 is 1.29 bits per heavy atom. The van der Waals surface area contributed by atoms with Crippen molar-refractivity contribution in [1.29, 1.82) is 0 Å². The lowest BCUT2D eigenvalue weighted by Crippen LogP contribution is -2.36. The highest BCUT2D eigenvalue weighted by Crippen LogP contribution is 2.40. The van der Waals surface area contributed by atoms with Crippen LogP contribution in [0.2, 0.25) is 0 Å².